The number of carbonyl (C=O) groups excluding carboxylic acids is 3. The van der Waals surface area contributed by atoms with Crippen LogP contribution in [0.4, 0.5) is 0 Å². The summed E-state index contributed by atoms with van der Waals surface area (Å²) >= 11 is 0. The van der Waals surface area contributed by atoms with Crippen molar-refractivity contribution in [3.63, 3.8) is 0 Å². The predicted molar refractivity (Wildman–Crippen MR) is 247 cm³/mol. The first-order chi connectivity index (χ1) is 28.5. The second-order valence-electron chi connectivity index (χ2n) is 16.3. The van der Waals surface area contributed by atoms with Crippen LogP contribution in [0.15, 0.2) is 48.6 Å². The molecule has 0 rings (SSSR count). The molecule has 0 aromatic rings. The Morgan fingerprint density at radius 1 is 0.362 bits per heavy atom. The molecule has 1 atom stereocenters. The van der Waals surface area contributed by atoms with Crippen molar-refractivity contribution in [3.8, 4) is 0 Å². The molecule has 6 nitrogen and oxygen atoms in total. The van der Waals surface area contributed by atoms with Crippen molar-refractivity contribution in [2.45, 2.75) is 252 Å². The third-order valence-electron chi connectivity index (χ3n) is 10.6. The van der Waals surface area contributed by atoms with Crippen molar-refractivity contribution < 1.29 is 28.6 Å². The van der Waals surface area contributed by atoms with Crippen LogP contribution in [0.5, 0.6) is 0 Å². The molecule has 0 saturated heterocycles. The summed E-state index contributed by atoms with van der Waals surface area (Å²) in [6, 6.07) is 0. The van der Waals surface area contributed by atoms with Crippen LogP contribution in [0, 0.1) is 0 Å². The Morgan fingerprint density at radius 2 is 0.672 bits per heavy atom. The van der Waals surface area contributed by atoms with Crippen LogP contribution >= 0.6 is 0 Å². The van der Waals surface area contributed by atoms with Crippen LogP contribution in [-0.2, 0) is 28.6 Å². The molecule has 0 aliphatic heterocycles. The number of hydrogen-bond acceptors (Lipinski definition) is 6. The molecule has 0 radical (unpaired) electrons. The van der Waals surface area contributed by atoms with E-state index in [4.69, 9.17) is 14.2 Å². The fraction of sp³-hybridized carbons (Fsp3) is 0.788. The molecule has 0 saturated carbocycles. The summed E-state index contributed by atoms with van der Waals surface area (Å²) in [5.41, 5.74) is 0. The van der Waals surface area contributed by atoms with Crippen LogP contribution in [-0.4, -0.2) is 37.2 Å². The van der Waals surface area contributed by atoms with E-state index < -0.39 is 6.10 Å². The van der Waals surface area contributed by atoms with Gasteiger partial charge in [-0.15, -0.1) is 0 Å². The second kappa shape index (κ2) is 47.1. The maximum absolute atomic E-state index is 12.7. The van der Waals surface area contributed by atoms with E-state index in [1.165, 1.54) is 109 Å². The molecule has 0 aromatic heterocycles. The second-order valence-corrected chi connectivity index (χ2v) is 16.3. The molecule has 58 heavy (non-hydrogen) atoms. The van der Waals surface area contributed by atoms with E-state index in [0.717, 1.165) is 96.3 Å². The van der Waals surface area contributed by atoms with E-state index in [2.05, 4.69) is 69.4 Å². The number of hydrogen-bond donors (Lipinski definition) is 0. The highest BCUT2D eigenvalue weighted by Crippen LogP contribution is 2.15. The SMILES string of the molecule is CC/C=C\C/C=C\C/C=C\CCCCCCCCC(=O)OCC(COC(=O)CCCCCCCCCCCCCC)OC(=O)CCCCCCC/C=C\CCCCC. The minimum absolute atomic E-state index is 0.0788. The van der Waals surface area contributed by atoms with Gasteiger partial charge in [-0.25, -0.2) is 0 Å². The monoisotopic (exact) mass is 813 g/mol. The molecule has 1 unspecified atom stereocenters. The normalized spacial score (nSPS) is 12.4. The number of unbranched alkanes of at least 4 members (excludes halogenated alkanes) is 25. The fourth-order valence-electron chi connectivity index (χ4n) is 6.86. The lowest BCUT2D eigenvalue weighted by atomic mass is 10.0. The van der Waals surface area contributed by atoms with Gasteiger partial charge in [0.1, 0.15) is 13.2 Å². The van der Waals surface area contributed by atoms with E-state index in [1.54, 1.807) is 0 Å². The Labute approximate surface area is 358 Å². The lowest BCUT2D eigenvalue weighted by molar-refractivity contribution is -0.167. The van der Waals surface area contributed by atoms with E-state index in [1.807, 2.05) is 0 Å². The zero-order valence-electron chi connectivity index (χ0n) is 38.3. The summed E-state index contributed by atoms with van der Waals surface area (Å²) in [6.45, 7) is 6.48. The van der Waals surface area contributed by atoms with Gasteiger partial charge in [0.25, 0.3) is 0 Å². The summed E-state index contributed by atoms with van der Waals surface area (Å²) in [5, 5.41) is 0. The molecule has 0 N–H and O–H groups in total. The lowest BCUT2D eigenvalue weighted by Crippen LogP contribution is -2.30. The first-order valence-corrected chi connectivity index (χ1v) is 24.6. The minimum atomic E-state index is -0.778. The topological polar surface area (TPSA) is 78.9 Å². The van der Waals surface area contributed by atoms with Gasteiger partial charge in [0.2, 0.25) is 0 Å². The molecule has 0 bridgehead atoms. The van der Waals surface area contributed by atoms with Gasteiger partial charge in [-0.2, -0.15) is 0 Å². The van der Waals surface area contributed by atoms with Gasteiger partial charge in [-0.05, 0) is 77.0 Å². The molecule has 0 heterocycles. The maximum Gasteiger partial charge on any atom is 0.306 e. The van der Waals surface area contributed by atoms with Crippen molar-refractivity contribution in [2.75, 3.05) is 13.2 Å². The fourth-order valence-corrected chi connectivity index (χ4v) is 6.86. The van der Waals surface area contributed by atoms with Crippen molar-refractivity contribution >= 4 is 17.9 Å². The molecular formula is C52H92O6. The standard InChI is InChI=1S/C52H92O6/c1-4-7-10-13-16-19-22-25-26-27-28-31-33-36-39-42-45-51(54)57-48-49(58-52(55)46-43-40-37-34-30-24-21-18-15-12-9-6-3)47-56-50(53)44-41-38-35-32-29-23-20-17-14-11-8-5-2/h7,10,16,18-19,21,25-26,49H,4-6,8-9,11-15,17,20,22-24,27-48H2,1-3H3/b10-7-,19-16-,21-18-,26-25-. The number of ether oxygens (including phenoxy) is 3. The predicted octanol–water partition coefficient (Wildman–Crippen LogP) is 15.9. The van der Waals surface area contributed by atoms with Crippen molar-refractivity contribution in [3.05, 3.63) is 48.6 Å². The summed E-state index contributed by atoms with van der Waals surface area (Å²) in [6.07, 6.45) is 55.2. The summed E-state index contributed by atoms with van der Waals surface area (Å²) < 4.78 is 16.7. The highest BCUT2D eigenvalue weighted by Gasteiger charge is 2.19. The van der Waals surface area contributed by atoms with Crippen LogP contribution < -0.4 is 0 Å². The number of carbonyl (C=O) groups is 3. The summed E-state index contributed by atoms with van der Waals surface area (Å²) in [7, 11) is 0. The highest BCUT2D eigenvalue weighted by atomic mass is 16.6. The summed E-state index contributed by atoms with van der Waals surface area (Å²) in [4.78, 5) is 37.8. The number of rotatable bonds is 44. The van der Waals surface area contributed by atoms with Crippen molar-refractivity contribution in [1.82, 2.24) is 0 Å². The Bertz CT molecular complexity index is 1030. The molecule has 0 fully saturated rings. The van der Waals surface area contributed by atoms with E-state index in [-0.39, 0.29) is 31.1 Å². The van der Waals surface area contributed by atoms with E-state index >= 15 is 0 Å². The molecule has 0 aliphatic carbocycles. The molecule has 0 aliphatic rings. The van der Waals surface area contributed by atoms with Gasteiger partial charge in [0.15, 0.2) is 6.10 Å². The van der Waals surface area contributed by atoms with Crippen LogP contribution in [0.1, 0.15) is 245 Å². The van der Waals surface area contributed by atoms with Crippen molar-refractivity contribution in [1.29, 1.82) is 0 Å². The van der Waals surface area contributed by atoms with Gasteiger partial charge < -0.3 is 14.2 Å². The first-order valence-electron chi connectivity index (χ1n) is 24.6. The molecule has 0 aromatic carbocycles. The molecular weight excluding hydrogens is 721 g/mol. The molecule has 6 heteroatoms. The third kappa shape index (κ3) is 44.5. The number of esters is 3. The average Bonchev–Trinajstić information content (AvgIpc) is 3.22. The number of allylic oxidation sites excluding steroid dienone is 8. The highest BCUT2D eigenvalue weighted by molar-refractivity contribution is 5.71. The van der Waals surface area contributed by atoms with E-state index in [0.29, 0.717) is 19.3 Å². The Kier molecular flexibility index (Phi) is 44.9. The van der Waals surface area contributed by atoms with Crippen LogP contribution in [0.25, 0.3) is 0 Å². The molecule has 336 valence electrons. The first kappa shape index (κ1) is 55.4. The Morgan fingerprint density at radius 3 is 1.10 bits per heavy atom. The Hall–Kier alpha value is -2.63. The van der Waals surface area contributed by atoms with Crippen molar-refractivity contribution in [2.24, 2.45) is 0 Å². The minimum Gasteiger partial charge on any atom is -0.462 e. The zero-order valence-corrected chi connectivity index (χ0v) is 38.3. The summed E-state index contributed by atoms with van der Waals surface area (Å²) in [5.74, 6) is -0.898. The molecule has 0 amide bonds. The van der Waals surface area contributed by atoms with Gasteiger partial charge in [0, 0.05) is 19.3 Å². The van der Waals surface area contributed by atoms with Gasteiger partial charge in [0.05, 0.1) is 0 Å². The largest absolute Gasteiger partial charge is 0.462 e. The van der Waals surface area contributed by atoms with E-state index in [9.17, 15) is 14.4 Å². The average molecular weight is 813 g/mol. The zero-order chi connectivity index (χ0) is 42.3. The van der Waals surface area contributed by atoms with Gasteiger partial charge in [-0.3, -0.25) is 14.4 Å². The smallest absolute Gasteiger partial charge is 0.306 e. The molecule has 0 spiro atoms. The van der Waals surface area contributed by atoms with Gasteiger partial charge in [-0.1, -0.05) is 198 Å². The lowest BCUT2D eigenvalue weighted by Gasteiger charge is -2.18. The third-order valence-corrected chi connectivity index (χ3v) is 10.6. The Balaban J connectivity index is 4.38. The van der Waals surface area contributed by atoms with Crippen LogP contribution in [0.3, 0.4) is 0 Å². The quantitative estimate of drug-likeness (QED) is 0.0264. The maximum atomic E-state index is 12.7. The van der Waals surface area contributed by atoms with Gasteiger partial charge >= 0.3 is 17.9 Å². The van der Waals surface area contributed by atoms with Crippen LogP contribution in [0.2, 0.25) is 0 Å².